The molecule has 0 radical (unpaired) electrons. The Hall–Kier alpha value is -1.61. The van der Waals surface area contributed by atoms with Crippen LogP contribution in [0.5, 0.6) is 0 Å². The maximum atomic E-state index is 13.0. The highest BCUT2D eigenvalue weighted by Gasteiger charge is 2.09. The molecule has 2 aromatic rings. The van der Waals surface area contributed by atoms with Gasteiger partial charge in [-0.1, -0.05) is 24.3 Å². The molecule has 0 fully saturated rings. The summed E-state index contributed by atoms with van der Waals surface area (Å²) in [4.78, 5) is 13.1. The van der Waals surface area contributed by atoms with Crippen molar-refractivity contribution in [3.8, 4) is 0 Å². The van der Waals surface area contributed by atoms with Crippen molar-refractivity contribution in [1.29, 1.82) is 0 Å². The highest BCUT2D eigenvalue weighted by Crippen LogP contribution is 2.18. The molecule has 0 amide bonds. The molecule has 2 aromatic carbocycles. The van der Waals surface area contributed by atoms with Crippen LogP contribution in [0.4, 0.5) is 4.39 Å². The van der Waals surface area contributed by atoms with E-state index in [1.165, 1.54) is 12.1 Å². The fraction of sp³-hybridized carbons (Fsp3) is 0.0714. The maximum absolute atomic E-state index is 13.0. The average molecular weight is 246 g/mol. The van der Waals surface area contributed by atoms with Crippen LogP contribution in [0.2, 0.25) is 0 Å². The number of ketones is 1. The van der Waals surface area contributed by atoms with Crippen molar-refractivity contribution < 1.29 is 9.18 Å². The molecule has 0 aromatic heterocycles. The number of benzene rings is 2. The SMILES string of the molecule is CSc1cccc(C(=O)c2cccc(F)c2)c1. The summed E-state index contributed by atoms with van der Waals surface area (Å²) in [5, 5.41) is 0. The van der Waals surface area contributed by atoms with Crippen LogP contribution in [0.25, 0.3) is 0 Å². The highest BCUT2D eigenvalue weighted by molar-refractivity contribution is 7.98. The third kappa shape index (κ3) is 2.74. The molecule has 86 valence electrons. The van der Waals surface area contributed by atoms with Crippen molar-refractivity contribution >= 4 is 17.5 Å². The Morgan fingerprint density at radius 2 is 1.71 bits per heavy atom. The molecule has 0 unspecified atom stereocenters. The van der Waals surface area contributed by atoms with Crippen LogP contribution in [-0.2, 0) is 0 Å². The Bertz CT molecular complexity index is 551. The summed E-state index contributed by atoms with van der Waals surface area (Å²) in [5.74, 6) is -0.544. The first kappa shape index (κ1) is 11.9. The van der Waals surface area contributed by atoms with E-state index in [1.54, 1.807) is 30.0 Å². The fourth-order valence-electron chi connectivity index (χ4n) is 1.56. The minimum atomic E-state index is -0.392. The predicted octanol–water partition coefficient (Wildman–Crippen LogP) is 3.78. The van der Waals surface area contributed by atoms with Gasteiger partial charge in [0, 0.05) is 16.0 Å². The van der Waals surface area contributed by atoms with Crippen LogP contribution in [0.3, 0.4) is 0 Å². The van der Waals surface area contributed by atoms with E-state index in [-0.39, 0.29) is 5.78 Å². The van der Waals surface area contributed by atoms with E-state index in [2.05, 4.69) is 0 Å². The van der Waals surface area contributed by atoms with Gasteiger partial charge in [-0.15, -0.1) is 11.8 Å². The van der Waals surface area contributed by atoms with Crippen LogP contribution in [0.1, 0.15) is 15.9 Å². The Morgan fingerprint density at radius 1 is 1.06 bits per heavy atom. The number of halogens is 1. The first-order valence-electron chi connectivity index (χ1n) is 5.15. The molecule has 0 atom stereocenters. The molecule has 0 saturated heterocycles. The van der Waals surface area contributed by atoms with E-state index in [4.69, 9.17) is 0 Å². The monoisotopic (exact) mass is 246 g/mol. The molecule has 0 spiro atoms. The van der Waals surface area contributed by atoms with Crippen LogP contribution >= 0.6 is 11.8 Å². The molecular weight excluding hydrogens is 235 g/mol. The lowest BCUT2D eigenvalue weighted by molar-refractivity contribution is 0.103. The smallest absolute Gasteiger partial charge is 0.193 e. The van der Waals surface area contributed by atoms with E-state index < -0.39 is 5.82 Å². The molecule has 0 bridgehead atoms. The molecule has 1 nitrogen and oxygen atoms in total. The van der Waals surface area contributed by atoms with Gasteiger partial charge < -0.3 is 0 Å². The quantitative estimate of drug-likeness (QED) is 0.605. The molecule has 2 rings (SSSR count). The van der Waals surface area contributed by atoms with E-state index in [1.807, 2.05) is 24.5 Å². The molecule has 3 heteroatoms. The number of rotatable bonds is 3. The Labute approximate surface area is 104 Å². The second-order valence-corrected chi connectivity index (χ2v) is 4.45. The number of hydrogen-bond donors (Lipinski definition) is 0. The number of carbonyl (C=O) groups excluding carboxylic acids is 1. The second kappa shape index (κ2) is 5.15. The molecule has 0 aliphatic rings. The van der Waals surface area contributed by atoms with Gasteiger partial charge in [-0.25, -0.2) is 4.39 Å². The third-order valence-corrected chi connectivity index (χ3v) is 3.14. The van der Waals surface area contributed by atoms with Gasteiger partial charge in [-0.3, -0.25) is 4.79 Å². The summed E-state index contributed by atoms with van der Waals surface area (Å²) in [6, 6.07) is 13.1. The lowest BCUT2D eigenvalue weighted by Gasteiger charge is -2.03. The number of thioether (sulfide) groups is 1. The van der Waals surface area contributed by atoms with Crippen molar-refractivity contribution in [3.63, 3.8) is 0 Å². The van der Waals surface area contributed by atoms with Crippen LogP contribution in [0.15, 0.2) is 53.4 Å². The minimum Gasteiger partial charge on any atom is -0.289 e. The van der Waals surface area contributed by atoms with Gasteiger partial charge in [0.2, 0.25) is 0 Å². The molecule has 0 saturated carbocycles. The van der Waals surface area contributed by atoms with Crippen molar-refractivity contribution in [1.82, 2.24) is 0 Å². The summed E-state index contributed by atoms with van der Waals surface area (Å²) in [6.45, 7) is 0. The van der Waals surface area contributed by atoms with E-state index in [0.717, 1.165) is 4.90 Å². The summed E-state index contributed by atoms with van der Waals surface area (Å²) in [7, 11) is 0. The van der Waals surface area contributed by atoms with Gasteiger partial charge in [0.05, 0.1) is 0 Å². The Kier molecular flexibility index (Phi) is 3.59. The van der Waals surface area contributed by atoms with Gasteiger partial charge in [0.25, 0.3) is 0 Å². The molecule has 17 heavy (non-hydrogen) atoms. The van der Waals surface area contributed by atoms with Gasteiger partial charge in [0.15, 0.2) is 5.78 Å². The van der Waals surface area contributed by atoms with E-state index in [0.29, 0.717) is 11.1 Å². The number of carbonyl (C=O) groups is 1. The standard InChI is InChI=1S/C14H11FOS/c1-17-13-7-3-5-11(9-13)14(16)10-4-2-6-12(15)8-10/h2-9H,1H3. The lowest BCUT2D eigenvalue weighted by atomic mass is 10.0. The zero-order chi connectivity index (χ0) is 12.3. The Balaban J connectivity index is 2.36. The first-order valence-corrected chi connectivity index (χ1v) is 6.37. The first-order chi connectivity index (χ1) is 8.20. The summed E-state index contributed by atoms with van der Waals surface area (Å²) in [5.41, 5.74) is 0.964. The lowest BCUT2D eigenvalue weighted by Crippen LogP contribution is -2.01. The molecule has 0 aliphatic heterocycles. The van der Waals surface area contributed by atoms with Crippen LogP contribution in [0, 0.1) is 5.82 Å². The summed E-state index contributed by atoms with van der Waals surface area (Å²) < 4.78 is 13.0. The van der Waals surface area contributed by atoms with E-state index in [9.17, 15) is 9.18 Å². The fourth-order valence-corrected chi connectivity index (χ4v) is 2.02. The van der Waals surface area contributed by atoms with Crippen LogP contribution in [-0.4, -0.2) is 12.0 Å². The van der Waals surface area contributed by atoms with Crippen molar-refractivity contribution in [2.75, 3.05) is 6.26 Å². The zero-order valence-electron chi connectivity index (χ0n) is 9.31. The highest BCUT2D eigenvalue weighted by atomic mass is 32.2. The van der Waals surface area contributed by atoms with Crippen molar-refractivity contribution in [2.24, 2.45) is 0 Å². The van der Waals surface area contributed by atoms with Gasteiger partial charge in [-0.2, -0.15) is 0 Å². The summed E-state index contributed by atoms with van der Waals surface area (Å²) in [6.07, 6.45) is 1.95. The third-order valence-electron chi connectivity index (χ3n) is 2.42. The average Bonchev–Trinajstić information content (AvgIpc) is 2.38. The Morgan fingerprint density at radius 3 is 2.35 bits per heavy atom. The second-order valence-electron chi connectivity index (χ2n) is 3.57. The van der Waals surface area contributed by atoms with Crippen LogP contribution < -0.4 is 0 Å². The predicted molar refractivity (Wildman–Crippen MR) is 68.1 cm³/mol. The minimum absolute atomic E-state index is 0.152. The number of hydrogen-bond acceptors (Lipinski definition) is 2. The van der Waals surface area contributed by atoms with Crippen molar-refractivity contribution in [3.05, 3.63) is 65.5 Å². The van der Waals surface area contributed by atoms with Crippen molar-refractivity contribution in [2.45, 2.75) is 4.90 Å². The van der Waals surface area contributed by atoms with Gasteiger partial charge >= 0.3 is 0 Å². The summed E-state index contributed by atoms with van der Waals surface area (Å²) >= 11 is 1.57. The van der Waals surface area contributed by atoms with Gasteiger partial charge in [-0.05, 0) is 30.5 Å². The largest absolute Gasteiger partial charge is 0.289 e. The molecule has 0 aliphatic carbocycles. The topological polar surface area (TPSA) is 17.1 Å². The molecule has 0 heterocycles. The van der Waals surface area contributed by atoms with E-state index >= 15 is 0 Å². The zero-order valence-corrected chi connectivity index (χ0v) is 10.1. The normalized spacial score (nSPS) is 10.2. The molecular formula is C14H11FOS. The maximum Gasteiger partial charge on any atom is 0.193 e. The molecule has 0 N–H and O–H groups in total. The van der Waals surface area contributed by atoms with Gasteiger partial charge in [0.1, 0.15) is 5.82 Å².